The Hall–Kier alpha value is -3.77. The van der Waals surface area contributed by atoms with E-state index in [2.05, 4.69) is 43.6 Å². The first kappa shape index (κ1) is 47.2. The number of aliphatic hydroxyl groups excluding tert-OH is 2. The number of rotatable bonds is 16. The number of hydrogen-bond donors (Lipinski definition) is 3. The zero-order valence-corrected chi connectivity index (χ0v) is 37.6. The fourth-order valence-electron chi connectivity index (χ4n) is 10.4. The Morgan fingerprint density at radius 2 is 1.92 bits per heavy atom. The summed E-state index contributed by atoms with van der Waals surface area (Å²) in [5, 5.41) is 19.9. The molecule has 2 saturated heterocycles. The van der Waals surface area contributed by atoms with Crippen LogP contribution < -0.4 is 5.73 Å². The number of halogens is 2. The third-order valence-corrected chi connectivity index (χ3v) is 15.6. The number of anilines is 1. The zero-order chi connectivity index (χ0) is 45.2. The molecular weight excluding hydrogens is 855 g/mol. The summed E-state index contributed by atoms with van der Waals surface area (Å²) in [6.07, 6.45) is 13.4. The van der Waals surface area contributed by atoms with Crippen molar-refractivity contribution in [1.82, 2.24) is 14.5 Å². The van der Waals surface area contributed by atoms with Crippen molar-refractivity contribution >= 4 is 53.6 Å². The lowest BCUT2D eigenvalue weighted by Gasteiger charge is -2.44. The van der Waals surface area contributed by atoms with Gasteiger partial charge in [-0.1, -0.05) is 50.3 Å². The summed E-state index contributed by atoms with van der Waals surface area (Å²) in [5.41, 5.74) is 9.13. The number of hydrogen-bond acceptors (Lipinski definition) is 13. The summed E-state index contributed by atoms with van der Waals surface area (Å²) in [4.78, 5) is 56.2. The highest BCUT2D eigenvalue weighted by Crippen LogP contribution is 2.59. The lowest BCUT2D eigenvalue weighted by molar-refractivity contribution is -0.151. The molecular formula is C46H60F2N4O9S2. The van der Waals surface area contributed by atoms with E-state index in [0.717, 1.165) is 70.9 Å². The second kappa shape index (κ2) is 19.8. The number of nitrogens with two attached hydrogens (primary N) is 1. The van der Waals surface area contributed by atoms with Crippen LogP contribution in [0.1, 0.15) is 104 Å². The summed E-state index contributed by atoms with van der Waals surface area (Å²) in [5.74, 6) is -4.13. The molecule has 1 aromatic rings. The normalized spacial score (nSPS) is 33.0. The Kier molecular flexibility index (Phi) is 14.8. The summed E-state index contributed by atoms with van der Waals surface area (Å²) in [7, 11) is 0. The second-order valence-corrected chi connectivity index (χ2v) is 19.9. The molecule has 4 saturated carbocycles. The van der Waals surface area contributed by atoms with Crippen LogP contribution >= 0.6 is 24.0 Å². The minimum atomic E-state index is -3.78. The van der Waals surface area contributed by atoms with Crippen molar-refractivity contribution in [2.75, 3.05) is 24.6 Å². The molecule has 0 spiro atoms. The number of carbonyl (C=O) groups is 4. The van der Waals surface area contributed by atoms with Gasteiger partial charge in [0.15, 0.2) is 6.10 Å². The van der Waals surface area contributed by atoms with E-state index < -0.39 is 66.1 Å². The number of allylic oxidation sites excluding steroid dienone is 4. The van der Waals surface area contributed by atoms with E-state index in [-0.39, 0.29) is 53.7 Å². The fraction of sp³-hybridized carbons (Fsp3) is 0.652. The van der Waals surface area contributed by atoms with Crippen molar-refractivity contribution in [3.63, 3.8) is 0 Å². The largest absolute Gasteiger partial charge is 0.463 e. The Labute approximate surface area is 376 Å². The van der Waals surface area contributed by atoms with Crippen molar-refractivity contribution in [3.8, 4) is 0 Å². The minimum absolute atomic E-state index is 0.0218. The Morgan fingerprint density at radius 3 is 2.67 bits per heavy atom. The molecule has 8 unspecified atom stereocenters. The van der Waals surface area contributed by atoms with E-state index in [1.807, 2.05) is 6.08 Å². The van der Waals surface area contributed by atoms with Crippen LogP contribution in [0, 0.1) is 33.9 Å². The number of aliphatic hydroxyl groups is 2. The summed E-state index contributed by atoms with van der Waals surface area (Å²) in [6.45, 7) is 8.35. The van der Waals surface area contributed by atoms with Gasteiger partial charge in [0.25, 0.3) is 0 Å². The molecule has 10 atom stereocenters. The van der Waals surface area contributed by atoms with Gasteiger partial charge in [-0.3, -0.25) is 28.6 Å². The number of fused-ring (bicyclic) bond motifs is 1. The smallest absolute Gasteiger partial charge is 0.320 e. The first-order chi connectivity index (χ1) is 30.0. The van der Waals surface area contributed by atoms with Crippen molar-refractivity contribution in [2.24, 2.45) is 29.1 Å². The molecule has 17 heteroatoms. The topological polar surface area (TPSA) is 184 Å². The summed E-state index contributed by atoms with van der Waals surface area (Å²) < 4.78 is 46.7. The van der Waals surface area contributed by atoms with Gasteiger partial charge in [-0.2, -0.15) is 8.78 Å². The van der Waals surface area contributed by atoms with Gasteiger partial charge in [-0.25, -0.2) is 4.98 Å². The lowest BCUT2D eigenvalue weighted by atomic mass is 9.61. The van der Waals surface area contributed by atoms with Crippen LogP contribution in [0.4, 0.5) is 14.6 Å². The maximum Gasteiger partial charge on any atom is 0.320 e. The van der Waals surface area contributed by atoms with Crippen molar-refractivity contribution in [2.45, 2.75) is 139 Å². The Balaban J connectivity index is 0.833. The molecule has 1 aromatic heterocycles. The molecule has 2 amide bonds. The van der Waals surface area contributed by atoms with E-state index in [4.69, 9.17) is 32.2 Å². The number of alkyl halides is 2. The van der Waals surface area contributed by atoms with Crippen LogP contribution in [-0.4, -0.2) is 103 Å². The number of amides is 2. The molecule has 63 heavy (non-hydrogen) atoms. The molecule has 7 rings (SSSR count). The highest BCUT2D eigenvalue weighted by molar-refractivity contribution is 8.01. The van der Waals surface area contributed by atoms with Crippen LogP contribution in [0.3, 0.4) is 0 Å². The van der Waals surface area contributed by atoms with Crippen molar-refractivity contribution in [1.29, 1.82) is 0 Å². The Morgan fingerprint density at radius 1 is 1.14 bits per heavy atom. The van der Waals surface area contributed by atoms with E-state index in [9.17, 15) is 38.2 Å². The molecule has 0 radical (unpaired) electrons. The number of nitrogens with zero attached hydrogens (tertiary/aromatic N) is 3. The number of carbonyl (C=O) groups excluding carboxylic acids is 4. The van der Waals surface area contributed by atoms with Gasteiger partial charge in [-0.05, 0) is 129 Å². The second-order valence-electron chi connectivity index (χ2n) is 18.4. The van der Waals surface area contributed by atoms with Gasteiger partial charge in [0.1, 0.15) is 24.6 Å². The van der Waals surface area contributed by atoms with Crippen LogP contribution in [0.15, 0.2) is 59.9 Å². The highest BCUT2D eigenvalue weighted by atomic mass is 32.2. The third kappa shape index (κ3) is 10.5. The molecule has 3 heterocycles. The van der Waals surface area contributed by atoms with Crippen molar-refractivity contribution in [3.05, 3.63) is 64.6 Å². The van der Waals surface area contributed by atoms with Gasteiger partial charge in [0.2, 0.25) is 22.8 Å². The zero-order valence-electron chi connectivity index (χ0n) is 36.0. The first-order valence-electron chi connectivity index (χ1n) is 22.3. The SMILES string of the molecule is C=C1/C(=C\C=C2/CCC[C@@]3(C)C2CCC3[C@@H](C)/C=C/C(O)C2CC2)CCCC1OC(=O)CSC1CC(=O)N(CCCC(=O)OCC2OC(n3ccc(N)nc3=S)C(F)(F)C2O)C1=O. The average Bonchev–Trinajstić information content (AvgIpc) is 3.93. The van der Waals surface area contributed by atoms with E-state index in [0.29, 0.717) is 30.1 Å². The fourth-order valence-corrected chi connectivity index (χ4v) is 11.6. The van der Waals surface area contributed by atoms with Gasteiger partial charge in [0, 0.05) is 25.6 Å². The number of aromatic nitrogens is 2. The number of likely N-dealkylation sites (tertiary alicyclic amines) is 1. The lowest BCUT2D eigenvalue weighted by Crippen LogP contribution is -2.40. The van der Waals surface area contributed by atoms with Crippen molar-refractivity contribution < 1.29 is 52.4 Å². The third-order valence-electron chi connectivity index (χ3n) is 14.1. The van der Waals surface area contributed by atoms with Crippen LogP contribution in [0.25, 0.3) is 0 Å². The van der Waals surface area contributed by atoms with E-state index >= 15 is 0 Å². The molecule has 6 aliphatic rings. The quantitative estimate of drug-likeness (QED) is 0.0671. The number of imide groups is 1. The van der Waals surface area contributed by atoms with Gasteiger partial charge in [-0.15, -0.1) is 11.8 Å². The summed E-state index contributed by atoms with van der Waals surface area (Å²) >= 11 is 6.05. The Bertz CT molecular complexity index is 2090. The van der Waals surface area contributed by atoms with Crippen LogP contribution in [0.2, 0.25) is 0 Å². The molecule has 0 bridgehead atoms. The van der Waals surface area contributed by atoms with Crippen LogP contribution in [0.5, 0.6) is 0 Å². The number of esters is 2. The summed E-state index contributed by atoms with van der Waals surface area (Å²) in [6, 6.07) is 1.25. The van der Waals surface area contributed by atoms with Gasteiger partial charge < -0.3 is 30.2 Å². The molecule has 2 aliphatic heterocycles. The van der Waals surface area contributed by atoms with Gasteiger partial charge in [0.05, 0.1) is 17.1 Å². The average molecular weight is 915 g/mol. The van der Waals surface area contributed by atoms with Crippen LogP contribution in [-0.2, 0) is 33.4 Å². The van der Waals surface area contributed by atoms with E-state index in [1.54, 1.807) is 0 Å². The number of thioether (sulfide) groups is 1. The number of nitrogen functional groups attached to an aromatic ring is 1. The standard InChI is InChI=1S/C46H60F2N4O9S2/c1-26(11-18-33(53)30-14-15-30)31-16-17-32-29(8-5-20-45(31,32)3)13-12-28-7-4-9-34(27(28)2)60-40(56)25-63-36-23-38(54)51(42(36)58)21-6-10-39(55)59-24-35-41(57)46(47,48)43(61-35)52-22-19-37(49)50-44(52)62/h11-13,18-19,22,26,30-36,41,43,53,57H,2,4-10,14-17,20-21,23-25H2,1,3H3,(H2,49,50,62)/b18-11+,28-12-,29-13+/t26-,31?,32?,33?,34?,35?,36?,41?,43?,45+/m0/s1. The molecule has 6 fully saturated rings. The van der Waals surface area contributed by atoms with E-state index in [1.165, 1.54) is 37.1 Å². The molecule has 4 N–H and O–H groups in total. The molecule has 0 aromatic carbocycles. The van der Waals surface area contributed by atoms with Gasteiger partial charge >= 0.3 is 17.9 Å². The number of ether oxygens (including phenoxy) is 3. The maximum atomic E-state index is 14.9. The predicted octanol–water partition coefficient (Wildman–Crippen LogP) is 6.96. The predicted molar refractivity (Wildman–Crippen MR) is 234 cm³/mol. The molecule has 4 aliphatic carbocycles. The highest BCUT2D eigenvalue weighted by Gasteiger charge is 2.60. The minimum Gasteiger partial charge on any atom is -0.463 e. The monoisotopic (exact) mass is 914 g/mol. The maximum absolute atomic E-state index is 14.9. The first-order valence-corrected chi connectivity index (χ1v) is 23.8. The molecule has 344 valence electrons. The molecule has 13 nitrogen and oxygen atoms in total.